The van der Waals surface area contributed by atoms with Crippen molar-refractivity contribution in [1.29, 1.82) is 0 Å². The lowest BCUT2D eigenvalue weighted by Crippen LogP contribution is -2.51. The van der Waals surface area contributed by atoms with Crippen molar-refractivity contribution >= 4 is 41.8 Å². The van der Waals surface area contributed by atoms with Crippen molar-refractivity contribution in [3.8, 4) is 0 Å². The zero-order valence-corrected chi connectivity index (χ0v) is 21.2. The van der Waals surface area contributed by atoms with Gasteiger partial charge in [0.15, 0.2) is 5.96 Å². The largest absolute Gasteiger partial charge is 0.357 e. The SMILES string of the molecule is CCNC(=NCC1CN(C)CCN1C)NCCCN1C(=O)C2C3C=CC(C3)C2C1=O.I. The van der Waals surface area contributed by atoms with E-state index in [-0.39, 0.29) is 59.5 Å². The summed E-state index contributed by atoms with van der Waals surface area (Å²) in [6.45, 7) is 7.97. The molecule has 5 atom stereocenters. The average molecular weight is 544 g/mol. The first-order chi connectivity index (χ1) is 14.5. The number of rotatable bonds is 7. The van der Waals surface area contributed by atoms with E-state index >= 15 is 0 Å². The summed E-state index contributed by atoms with van der Waals surface area (Å²) in [5, 5.41) is 6.66. The van der Waals surface area contributed by atoms with Gasteiger partial charge in [0, 0.05) is 45.3 Å². The standard InChI is InChI=1S/C22H36N6O2.HI/c1-4-23-22(25-13-17-14-26(2)10-11-27(17)3)24-8-5-9-28-20(29)18-15-6-7-16(12-15)19(18)21(28)30;/h6-7,15-19H,4-5,8-14H2,1-3H3,(H2,23,24,25);1H. The van der Waals surface area contributed by atoms with Gasteiger partial charge in [-0.15, -0.1) is 24.0 Å². The van der Waals surface area contributed by atoms with Crippen LogP contribution in [-0.2, 0) is 9.59 Å². The Balaban J connectivity index is 0.00000272. The maximum absolute atomic E-state index is 12.8. The summed E-state index contributed by atoms with van der Waals surface area (Å²) >= 11 is 0. The molecule has 2 amide bonds. The highest BCUT2D eigenvalue weighted by molar-refractivity contribution is 14.0. The molecule has 4 aliphatic rings. The predicted molar refractivity (Wildman–Crippen MR) is 132 cm³/mol. The third-order valence-corrected chi connectivity index (χ3v) is 7.20. The Morgan fingerprint density at radius 3 is 2.42 bits per heavy atom. The molecule has 2 aliphatic heterocycles. The van der Waals surface area contributed by atoms with E-state index in [1.165, 1.54) is 4.90 Å². The Kier molecular flexibility index (Phi) is 8.37. The molecule has 3 fully saturated rings. The fraction of sp³-hybridized carbons (Fsp3) is 0.773. The quantitative estimate of drug-likeness (QED) is 0.122. The van der Waals surface area contributed by atoms with Crippen molar-refractivity contribution in [2.75, 3.05) is 59.9 Å². The van der Waals surface area contributed by atoms with E-state index in [9.17, 15) is 9.59 Å². The number of piperazine rings is 1. The van der Waals surface area contributed by atoms with Crippen molar-refractivity contribution in [2.45, 2.75) is 25.8 Å². The summed E-state index contributed by atoms with van der Waals surface area (Å²) in [6, 6.07) is 0.419. The number of fused-ring (bicyclic) bond motifs is 5. The number of likely N-dealkylation sites (tertiary alicyclic amines) is 1. The number of guanidine groups is 1. The van der Waals surface area contributed by atoms with Gasteiger partial charge in [0.2, 0.25) is 11.8 Å². The van der Waals surface area contributed by atoms with Gasteiger partial charge in [0.25, 0.3) is 0 Å². The number of amides is 2. The van der Waals surface area contributed by atoms with Crippen LogP contribution in [0.25, 0.3) is 0 Å². The topological polar surface area (TPSA) is 80.3 Å². The Morgan fingerprint density at radius 1 is 1.10 bits per heavy atom. The molecule has 2 heterocycles. The first-order valence-corrected chi connectivity index (χ1v) is 11.4. The molecule has 0 spiro atoms. The fourth-order valence-corrected chi connectivity index (χ4v) is 5.47. The van der Waals surface area contributed by atoms with Gasteiger partial charge in [0.1, 0.15) is 0 Å². The smallest absolute Gasteiger partial charge is 0.233 e. The average Bonchev–Trinajstić information content (AvgIpc) is 3.40. The first kappa shape index (κ1) is 24.4. The fourth-order valence-electron chi connectivity index (χ4n) is 5.47. The Hall–Kier alpha value is -1.20. The molecule has 2 N–H and O–H groups in total. The summed E-state index contributed by atoms with van der Waals surface area (Å²) in [6.07, 6.45) is 6.00. The van der Waals surface area contributed by atoms with Gasteiger partial charge in [-0.2, -0.15) is 0 Å². The highest BCUT2D eigenvalue weighted by atomic mass is 127. The summed E-state index contributed by atoms with van der Waals surface area (Å²) in [4.78, 5) is 36.5. The minimum atomic E-state index is -0.0926. The Morgan fingerprint density at radius 2 is 1.77 bits per heavy atom. The molecule has 4 rings (SSSR count). The molecule has 174 valence electrons. The minimum Gasteiger partial charge on any atom is -0.357 e. The lowest BCUT2D eigenvalue weighted by molar-refractivity contribution is -0.140. The number of hydrogen-bond donors (Lipinski definition) is 2. The molecule has 5 unspecified atom stereocenters. The van der Waals surface area contributed by atoms with Crippen LogP contribution < -0.4 is 10.6 Å². The highest BCUT2D eigenvalue weighted by Gasteiger charge is 2.58. The number of hydrogen-bond acceptors (Lipinski definition) is 5. The van der Waals surface area contributed by atoms with Crippen molar-refractivity contribution in [1.82, 2.24) is 25.3 Å². The van der Waals surface area contributed by atoms with E-state index in [0.717, 1.165) is 51.5 Å². The van der Waals surface area contributed by atoms with E-state index in [2.05, 4.69) is 53.6 Å². The monoisotopic (exact) mass is 544 g/mol. The number of carbonyl (C=O) groups excluding carboxylic acids is 2. The van der Waals surface area contributed by atoms with E-state index in [0.29, 0.717) is 19.1 Å². The summed E-state index contributed by atoms with van der Waals surface area (Å²) < 4.78 is 0. The Bertz CT molecular complexity index is 699. The normalized spacial score (nSPS) is 33.1. The zero-order valence-electron chi connectivity index (χ0n) is 18.9. The number of nitrogens with zero attached hydrogens (tertiary/aromatic N) is 4. The number of halogens is 1. The van der Waals surface area contributed by atoms with Crippen LogP contribution in [0.15, 0.2) is 17.1 Å². The first-order valence-electron chi connectivity index (χ1n) is 11.4. The second kappa shape index (κ2) is 10.6. The number of carbonyl (C=O) groups is 2. The van der Waals surface area contributed by atoms with Crippen molar-refractivity contribution < 1.29 is 9.59 Å². The van der Waals surface area contributed by atoms with Crippen molar-refractivity contribution in [2.24, 2.45) is 28.7 Å². The number of likely N-dealkylation sites (N-methyl/N-ethyl adjacent to an activating group) is 2. The maximum atomic E-state index is 12.8. The number of imide groups is 1. The molecule has 0 aromatic carbocycles. The molecule has 2 bridgehead atoms. The van der Waals surface area contributed by atoms with Crippen LogP contribution in [-0.4, -0.2) is 98.4 Å². The summed E-state index contributed by atoms with van der Waals surface area (Å²) in [5.41, 5.74) is 0. The van der Waals surface area contributed by atoms with Gasteiger partial charge in [-0.3, -0.25) is 24.4 Å². The van der Waals surface area contributed by atoms with Crippen LogP contribution in [0.3, 0.4) is 0 Å². The third-order valence-electron chi connectivity index (χ3n) is 7.20. The van der Waals surface area contributed by atoms with E-state index < -0.39 is 0 Å². The van der Waals surface area contributed by atoms with Crippen LogP contribution in [0.4, 0.5) is 0 Å². The van der Waals surface area contributed by atoms with Crippen molar-refractivity contribution in [3.63, 3.8) is 0 Å². The minimum absolute atomic E-state index is 0. The number of nitrogens with one attached hydrogen (secondary N) is 2. The maximum Gasteiger partial charge on any atom is 0.233 e. The molecule has 8 nitrogen and oxygen atoms in total. The molecule has 1 saturated carbocycles. The van der Waals surface area contributed by atoms with E-state index in [4.69, 9.17) is 4.99 Å². The summed E-state index contributed by atoms with van der Waals surface area (Å²) in [7, 11) is 4.32. The molecule has 2 saturated heterocycles. The lowest BCUT2D eigenvalue weighted by atomic mass is 9.85. The van der Waals surface area contributed by atoms with Gasteiger partial charge in [-0.1, -0.05) is 12.2 Å². The second-order valence-corrected chi connectivity index (χ2v) is 9.22. The molecule has 0 radical (unpaired) electrons. The van der Waals surface area contributed by atoms with Gasteiger partial charge in [0.05, 0.1) is 18.4 Å². The molecule has 31 heavy (non-hydrogen) atoms. The number of allylic oxidation sites excluding steroid dienone is 2. The van der Waals surface area contributed by atoms with Gasteiger partial charge < -0.3 is 15.5 Å². The molecular formula is C22H37IN6O2. The van der Waals surface area contributed by atoms with Gasteiger partial charge in [-0.05, 0) is 45.7 Å². The molecular weight excluding hydrogens is 507 g/mol. The third kappa shape index (κ3) is 5.08. The van der Waals surface area contributed by atoms with Gasteiger partial charge in [-0.25, -0.2) is 0 Å². The van der Waals surface area contributed by atoms with E-state index in [1.54, 1.807) is 0 Å². The van der Waals surface area contributed by atoms with Crippen LogP contribution in [0.2, 0.25) is 0 Å². The molecule has 0 aromatic heterocycles. The predicted octanol–water partition coefficient (Wildman–Crippen LogP) is 0.603. The van der Waals surface area contributed by atoms with Crippen LogP contribution in [0, 0.1) is 23.7 Å². The molecule has 2 aliphatic carbocycles. The molecule has 0 aromatic rings. The van der Waals surface area contributed by atoms with Crippen molar-refractivity contribution in [3.05, 3.63) is 12.2 Å². The molecule has 9 heteroatoms. The van der Waals surface area contributed by atoms with E-state index in [1.807, 2.05) is 0 Å². The zero-order chi connectivity index (χ0) is 21.3. The van der Waals surface area contributed by atoms with Crippen LogP contribution >= 0.6 is 24.0 Å². The highest BCUT2D eigenvalue weighted by Crippen LogP contribution is 2.52. The lowest BCUT2D eigenvalue weighted by Gasteiger charge is -2.36. The number of aliphatic imine (C=N–C) groups is 1. The summed E-state index contributed by atoms with van der Waals surface area (Å²) in [5.74, 6) is 1.28. The second-order valence-electron chi connectivity index (χ2n) is 9.22. The van der Waals surface area contributed by atoms with Crippen LogP contribution in [0.5, 0.6) is 0 Å². The van der Waals surface area contributed by atoms with Gasteiger partial charge >= 0.3 is 0 Å². The Labute approximate surface area is 202 Å². The van der Waals surface area contributed by atoms with Crippen LogP contribution in [0.1, 0.15) is 19.8 Å².